The second-order valence-corrected chi connectivity index (χ2v) is 5.68. The van der Waals surface area contributed by atoms with Gasteiger partial charge in [0, 0.05) is 24.7 Å². The van der Waals surface area contributed by atoms with E-state index in [1.54, 1.807) is 0 Å². The van der Waals surface area contributed by atoms with E-state index in [4.69, 9.17) is 0 Å². The van der Waals surface area contributed by atoms with Crippen LogP contribution in [0.2, 0.25) is 0 Å². The minimum atomic E-state index is -0.153. The highest BCUT2D eigenvalue weighted by molar-refractivity contribution is 5.97. The van der Waals surface area contributed by atoms with E-state index in [1.807, 2.05) is 4.90 Å². The average molecular weight is 276 g/mol. The second-order valence-electron chi connectivity index (χ2n) is 5.68. The van der Waals surface area contributed by atoms with E-state index < -0.39 is 0 Å². The number of aromatic hydroxyl groups is 2. The van der Waals surface area contributed by atoms with Gasteiger partial charge >= 0.3 is 0 Å². The molecule has 108 valence electrons. The van der Waals surface area contributed by atoms with E-state index in [-0.39, 0.29) is 23.0 Å². The summed E-state index contributed by atoms with van der Waals surface area (Å²) in [7, 11) is 0. The number of benzene rings is 1. The van der Waals surface area contributed by atoms with Crippen molar-refractivity contribution >= 4 is 5.91 Å². The van der Waals surface area contributed by atoms with E-state index in [2.05, 4.69) is 5.32 Å². The fourth-order valence-electron chi connectivity index (χ4n) is 2.79. The molecule has 1 unspecified atom stereocenters. The summed E-state index contributed by atoms with van der Waals surface area (Å²) in [6.45, 7) is 1.71. The monoisotopic (exact) mass is 276 g/mol. The molecule has 1 aromatic carbocycles. The normalized spacial score (nSPS) is 21.9. The van der Waals surface area contributed by atoms with Crippen molar-refractivity contribution in [2.24, 2.45) is 0 Å². The lowest BCUT2D eigenvalue weighted by Crippen LogP contribution is -2.42. The van der Waals surface area contributed by atoms with E-state index in [0.29, 0.717) is 18.6 Å². The van der Waals surface area contributed by atoms with Crippen LogP contribution in [0.4, 0.5) is 0 Å². The van der Waals surface area contributed by atoms with Crippen LogP contribution < -0.4 is 5.32 Å². The quantitative estimate of drug-likeness (QED) is 0.778. The number of carbonyl (C=O) groups excluding carboxylic acids is 1. The number of amides is 1. The lowest BCUT2D eigenvalue weighted by molar-refractivity contribution is 0.0725. The molecule has 0 bridgehead atoms. The standard InChI is InChI=1S/C15H20N2O3/c18-12-5-6-13(14(19)8-12)15(20)17(11-3-4-11)9-10-2-1-7-16-10/h5-6,8,10-11,16,18-19H,1-4,7,9H2. The van der Waals surface area contributed by atoms with Gasteiger partial charge in [0.2, 0.25) is 0 Å². The summed E-state index contributed by atoms with van der Waals surface area (Å²) >= 11 is 0. The van der Waals surface area contributed by atoms with Gasteiger partial charge in [-0.05, 0) is 44.4 Å². The van der Waals surface area contributed by atoms with Crippen LogP contribution in [0.3, 0.4) is 0 Å². The van der Waals surface area contributed by atoms with Crippen LogP contribution in [0.15, 0.2) is 18.2 Å². The summed E-state index contributed by atoms with van der Waals surface area (Å²) in [5, 5.41) is 22.6. The molecule has 1 heterocycles. The Kier molecular flexibility index (Phi) is 3.53. The highest BCUT2D eigenvalue weighted by Crippen LogP contribution is 2.31. The summed E-state index contributed by atoms with van der Waals surface area (Å²) in [6.07, 6.45) is 4.33. The van der Waals surface area contributed by atoms with Crippen LogP contribution in [0.1, 0.15) is 36.0 Å². The lowest BCUT2D eigenvalue weighted by atomic mass is 10.1. The zero-order chi connectivity index (χ0) is 14.1. The first kappa shape index (κ1) is 13.2. The second kappa shape index (κ2) is 5.32. The number of hydrogen-bond acceptors (Lipinski definition) is 4. The maximum atomic E-state index is 12.6. The Morgan fingerprint density at radius 1 is 1.30 bits per heavy atom. The van der Waals surface area contributed by atoms with Crippen LogP contribution >= 0.6 is 0 Å². The maximum Gasteiger partial charge on any atom is 0.257 e. The molecule has 3 rings (SSSR count). The molecule has 1 aromatic rings. The predicted octanol–water partition coefficient (Wildman–Crippen LogP) is 1.45. The molecule has 0 aromatic heterocycles. The summed E-state index contributed by atoms with van der Waals surface area (Å²) < 4.78 is 0. The van der Waals surface area contributed by atoms with Crippen LogP contribution in [0, 0.1) is 0 Å². The molecule has 1 aliphatic carbocycles. The summed E-state index contributed by atoms with van der Waals surface area (Å²) in [5.41, 5.74) is 0.271. The van der Waals surface area contributed by atoms with Crippen LogP contribution in [0.5, 0.6) is 11.5 Å². The maximum absolute atomic E-state index is 12.6. The third kappa shape index (κ3) is 2.72. The molecule has 3 N–H and O–H groups in total. The first-order chi connectivity index (χ1) is 9.65. The van der Waals surface area contributed by atoms with Crippen molar-refractivity contribution in [2.45, 2.75) is 37.8 Å². The smallest absolute Gasteiger partial charge is 0.257 e. The van der Waals surface area contributed by atoms with Crippen molar-refractivity contribution < 1.29 is 15.0 Å². The zero-order valence-electron chi connectivity index (χ0n) is 11.4. The van der Waals surface area contributed by atoms with Crippen molar-refractivity contribution in [3.05, 3.63) is 23.8 Å². The Balaban J connectivity index is 1.77. The third-order valence-corrected chi connectivity index (χ3v) is 4.04. The zero-order valence-corrected chi connectivity index (χ0v) is 11.4. The van der Waals surface area contributed by atoms with Gasteiger partial charge in [0.05, 0.1) is 5.56 Å². The Bertz CT molecular complexity index is 508. The average Bonchev–Trinajstić information content (AvgIpc) is 3.12. The minimum absolute atomic E-state index is 0.0329. The molecular weight excluding hydrogens is 256 g/mol. The molecule has 0 spiro atoms. The van der Waals surface area contributed by atoms with Crippen molar-refractivity contribution in [1.82, 2.24) is 10.2 Å². The molecule has 5 heteroatoms. The lowest BCUT2D eigenvalue weighted by Gasteiger charge is -2.26. The van der Waals surface area contributed by atoms with Crippen LogP contribution in [-0.2, 0) is 0 Å². The van der Waals surface area contributed by atoms with Crippen LogP contribution in [0.25, 0.3) is 0 Å². The Morgan fingerprint density at radius 3 is 2.70 bits per heavy atom. The summed E-state index contributed by atoms with van der Waals surface area (Å²) in [6, 6.07) is 4.81. The Labute approximate surface area is 118 Å². The van der Waals surface area contributed by atoms with Crippen molar-refractivity contribution in [2.75, 3.05) is 13.1 Å². The number of phenols is 2. The van der Waals surface area contributed by atoms with Gasteiger partial charge < -0.3 is 20.4 Å². The predicted molar refractivity (Wildman–Crippen MR) is 74.9 cm³/mol. The Hall–Kier alpha value is -1.75. The molecule has 1 saturated heterocycles. The minimum Gasteiger partial charge on any atom is -0.508 e. The number of nitrogens with zero attached hydrogens (tertiary/aromatic N) is 1. The first-order valence-electron chi connectivity index (χ1n) is 7.21. The number of hydrogen-bond donors (Lipinski definition) is 3. The molecule has 20 heavy (non-hydrogen) atoms. The molecule has 1 saturated carbocycles. The fraction of sp³-hybridized carbons (Fsp3) is 0.533. The third-order valence-electron chi connectivity index (χ3n) is 4.04. The summed E-state index contributed by atoms with van der Waals surface area (Å²) in [5.74, 6) is -0.326. The summed E-state index contributed by atoms with van der Waals surface area (Å²) in [4.78, 5) is 14.5. The molecule has 2 aliphatic rings. The van der Waals surface area contributed by atoms with E-state index in [0.717, 1.165) is 32.2 Å². The van der Waals surface area contributed by atoms with Gasteiger partial charge in [0.25, 0.3) is 5.91 Å². The largest absolute Gasteiger partial charge is 0.508 e. The fourth-order valence-corrected chi connectivity index (χ4v) is 2.79. The molecule has 1 atom stereocenters. The topological polar surface area (TPSA) is 72.8 Å². The number of phenolic OH excluding ortho intramolecular Hbond substituents is 2. The van der Waals surface area contributed by atoms with Gasteiger partial charge in [-0.15, -0.1) is 0 Å². The van der Waals surface area contributed by atoms with Gasteiger partial charge in [-0.3, -0.25) is 4.79 Å². The van der Waals surface area contributed by atoms with Gasteiger partial charge in [0.1, 0.15) is 11.5 Å². The highest BCUT2D eigenvalue weighted by Gasteiger charge is 2.35. The van der Waals surface area contributed by atoms with E-state index in [9.17, 15) is 15.0 Å². The number of rotatable bonds is 4. The molecule has 0 radical (unpaired) electrons. The first-order valence-corrected chi connectivity index (χ1v) is 7.21. The highest BCUT2D eigenvalue weighted by atomic mass is 16.3. The van der Waals surface area contributed by atoms with Gasteiger partial charge in [0.15, 0.2) is 0 Å². The van der Waals surface area contributed by atoms with Crippen LogP contribution in [-0.4, -0.2) is 46.2 Å². The number of nitrogens with one attached hydrogen (secondary N) is 1. The van der Waals surface area contributed by atoms with Crippen molar-refractivity contribution in [3.63, 3.8) is 0 Å². The van der Waals surface area contributed by atoms with E-state index in [1.165, 1.54) is 18.2 Å². The molecule has 2 fully saturated rings. The Morgan fingerprint density at radius 2 is 2.10 bits per heavy atom. The van der Waals surface area contributed by atoms with Crippen molar-refractivity contribution in [3.8, 4) is 11.5 Å². The van der Waals surface area contributed by atoms with Gasteiger partial charge in [-0.2, -0.15) is 0 Å². The van der Waals surface area contributed by atoms with Gasteiger partial charge in [-0.25, -0.2) is 0 Å². The van der Waals surface area contributed by atoms with Gasteiger partial charge in [-0.1, -0.05) is 0 Å². The molecule has 5 nitrogen and oxygen atoms in total. The molecule has 1 aliphatic heterocycles. The number of carbonyl (C=O) groups is 1. The van der Waals surface area contributed by atoms with E-state index >= 15 is 0 Å². The molecule has 1 amide bonds. The van der Waals surface area contributed by atoms with Crippen molar-refractivity contribution in [1.29, 1.82) is 0 Å². The SMILES string of the molecule is O=C(c1ccc(O)cc1O)N(CC1CCCN1)C1CC1. The molecular formula is C15H20N2O3.